The quantitative estimate of drug-likeness (QED) is 0.165. The van der Waals surface area contributed by atoms with E-state index in [9.17, 15) is 0 Å². The molecule has 11 rings (SSSR count). The number of hydrogen-bond donors (Lipinski definition) is 0. The fourth-order valence-corrected chi connectivity index (χ4v) is 9.14. The van der Waals surface area contributed by atoms with Gasteiger partial charge in [0.15, 0.2) is 23.0 Å². The molecule has 4 aliphatic rings. The maximum Gasteiger partial charge on any atom is 0.342 e. The molecule has 0 saturated heterocycles. The average Bonchev–Trinajstić information content (AvgIpc) is 3.78. The van der Waals surface area contributed by atoms with E-state index in [0.29, 0.717) is 26.4 Å². The van der Waals surface area contributed by atoms with Gasteiger partial charge >= 0.3 is 6.71 Å². The van der Waals surface area contributed by atoms with Crippen LogP contribution in [0.3, 0.4) is 0 Å². The molecule has 7 aromatic rings. The van der Waals surface area contributed by atoms with E-state index in [0.717, 1.165) is 95.8 Å². The minimum atomic E-state index is -0.339. The van der Waals surface area contributed by atoms with Crippen molar-refractivity contribution in [3.8, 4) is 23.0 Å². The third kappa shape index (κ3) is 5.21. The highest BCUT2D eigenvalue weighted by Crippen LogP contribution is 2.52. The van der Waals surface area contributed by atoms with Crippen LogP contribution in [0, 0.1) is 0 Å². The zero-order valence-electron chi connectivity index (χ0n) is 34.4. The van der Waals surface area contributed by atoms with Crippen molar-refractivity contribution < 1.29 is 27.8 Å². The van der Waals surface area contributed by atoms with Crippen molar-refractivity contribution in [1.29, 1.82) is 0 Å². The summed E-state index contributed by atoms with van der Waals surface area (Å²) in [5, 5.41) is 2.11. The normalized spacial score (nSPS) is 15.6. The summed E-state index contributed by atoms with van der Waals surface area (Å²) in [6.07, 6.45) is 0. The first-order chi connectivity index (χ1) is 27.8. The lowest BCUT2D eigenvalue weighted by Gasteiger charge is -2.41. The molecular weight excluding hydrogens is 723 g/mol. The van der Waals surface area contributed by atoms with Gasteiger partial charge in [0, 0.05) is 34.3 Å². The largest absolute Gasteiger partial charge is 0.486 e. The SMILES string of the molecule is CC(C)c1cc2c3c(c1)N(c1ccc4c(c1)OCCO4)c1c(oc4ccc(C(C)(C)C)cc14)B3c1oc3ccc(C(C)(C)C)cc3c1N2c1ccc2c(c1)OCCO2. The molecule has 4 aliphatic heterocycles. The Kier molecular flexibility index (Phi) is 7.46. The standard InChI is InChI=1S/C49H47BN2O6/c1-27(2)28-21-35-43-36(22-28)52(32-12-16-40-42(26-32)56-20-18-54-40)45-34-24-30(49(6,7)8)10-14-38(34)58-47(45)50(43)46-44(33-23-29(48(3,4)5)9-13-37(33)57-46)51(35)31-11-15-39-41(25-31)55-19-17-53-39/h9-16,21-27H,17-20H2,1-8H3. The van der Waals surface area contributed by atoms with Gasteiger partial charge in [0.25, 0.3) is 0 Å². The summed E-state index contributed by atoms with van der Waals surface area (Å²) in [6, 6.07) is 30.6. The maximum atomic E-state index is 7.18. The molecule has 6 heterocycles. The van der Waals surface area contributed by atoms with E-state index >= 15 is 0 Å². The van der Waals surface area contributed by atoms with Crippen molar-refractivity contribution in [3.05, 3.63) is 102 Å². The Morgan fingerprint density at radius 2 is 0.948 bits per heavy atom. The maximum absolute atomic E-state index is 7.18. The smallest absolute Gasteiger partial charge is 0.342 e. The minimum absolute atomic E-state index is 0.0731. The van der Waals surface area contributed by atoms with Crippen molar-refractivity contribution in [2.75, 3.05) is 36.2 Å². The van der Waals surface area contributed by atoms with Crippen LogP contribution in [0.5, 0.6) is 23.0 Å². The molecule has 5 aromatic carbocycles. The number of anilines is 6. The Morgan fingerprint density at radius 1 is 0.517 bits per heavy atom. The van der Waals surface area contributed by atoms with Crippen LogP contribution < -0.4 is 45.5 Å². The van der Waals surface area contributed by atoms with E-state index in [-0.39, 0.29) is 23.5 Å². The first kappa shape index (κ1) is 35.2. The van der Waals surface area contributed by atoms with Crippen molar-refractivity contribution in [3.63, 3.8) is 0 Å². The number of ether oxygens (including phenoxy) is 4. The van der Waals surface area contributed by atoms with Crippen LogP contribution in [0.15, 0.2) is 93.8 Å². The number of rotatable bonds is 3. The average molecular weight is 771 g/mol. The van der Waals surface area contributed by atoms with Crippen LogP contribution in [0.2, 0.25) is 0 Å². The molecule has 0 spiro atoms. The molecule has 58 heavy (non-hydrogen) atoms. The second-order valence-electron chi connectivity index (χ2n) is 18.4. The van der Waals surface area contributed by atoms with E-state index in [1.807, 2.05) is 12.1 Å². The van der Waals surface area contributed by atoms with Crippen molar-refractivity contribution in [2.24, 2.45) is 0 Å². The number of fused-ring (bicyclic) bond motifs is 10. The highest BCUT2D eigenvalue weighted by Gasteiger charge is 2.50. The summed E-state index contributed by atoms with van der Waals surface area (Å²) in [7, 11) is 0. The van der Waals surface area contributed by atoms with Crippen molar-refractivity contribution in [2.45, 2.75) is 72.1 Å². The first-order valence-corrected chi connectivity index (χ1v) is 20.5. The molecular formula is C49H47BN2O6. The molecule has 0 saturated carbocycles. The lowest BCUT2D eigenvalue weighted by molar-refractivity contribution is 0.171. The zero-order chi connectivity index (χ0) is 39.8. The fourth-order valence-electron chi connectivity index (χ4n) is 9.14. The lowest BCUT2D eigenvalue weighted by Crippen LogP contribution is -2.60. The first-order valence-electron chi connectivity index (χ1n) is 20.5. The monoisotopic (exact) mass is 770 g/mol. The number of furan rings is 2. The Morgan fingerprint density at radius 3 is 1.36 bits per heavy atom. The summed E-state index contributed by atoms with van der Waals surface area (Å²) >= 11 is 0. The molecule has 0 unspecified atom stereocenters. The summed E-state index contributed by atoms with van der Waals surface area (Å²) in [5.41, 5.74) is 14.1. The van der Waals surface area contributed by atoms with E-state index in [2.05, 4.69) is 138 Å². The highest BCUT2D eigenvalue weighted by molar-refractivity contribution is 6.99. The van der Waals surface area contributed by atoms with Gasteiger partial charge < -0.3 is 37.6 Å². The van der Waals surface area contributed by atoms with Crippen LogP contribution in [0.4, 0.5) is 34.1 Å². The van der Waals surface area contributed by atoms with Crippen LogP contribution >= 0.6 is 0 Å². The number of nitrogens with zero attached hydrogens (tertiary/aromatic N) is 2. The molecule has 0 radical (unpaired) electrons. The van der Waals surface area contributed by atoms with Crippen molar-refractivity contribution >= 4 is 79.6 Å². The van der Waals surface area contributed by atoms with Crippen LogP contribution in [-0.2, 0) is 10.8 Å². The molecule has 0 aliphatic carbocycles. The van der Waals surface area contributed by atoms with Gasteiger partial charge in [0.2, 0.25) is 0 Å². The molecule has 8 nitrogen and oxygen atoms in total. The molecule has 292 valence electrons. The Bertz CT molecular complexity index is 2650. The van der Waals surface area contributed by atoms with Gasteiger partial charge in [0.1, 0.15) is 48.9 Å². The van der Waals surface area contributed by atoms with Gasteiger partial charge in [-0.15, -0.1) is 0 Å². The van der Waals surface area contributed by atoms with Gasteiger partial charge in [-0.3, -0.25) is 0 Å². The van der Waals surface area contributed by atoms with Gasteiger partial charge in [-0.2, -0.15) is 0 Å². The topological polar surface area (TPSA) is 69.7 Å². The van der Waals surface area contributed by atoms with Crippen LogP contribution in [0.25, 0.3) is 21.9 Å². The third-order valence-electron chi connectivity index (χ3n) is 12.2. The Balaban J connectivity index is 1.27. The molecule has 0 N–H and O–H groups in total. The minimum Gasteiger partial charge on any atom is -0.486 e. The third-order valence-corrected chi connectivity index (χ3v) is 12.2. The van der Waals surface area contributed by atoms with Gasteiger partial charge in [0.05, 0.1) is 22.7 Å². The number of benzene rings is 5. The highest BCUT2D eigenvalue weighted by atomic mass is 16.6. The fraction of sp³-hybridized carbons (Fsp3) is 0.306. The Labute approximate surface area is 339 Å². The van der Waals surface area contributed by atoms with E-state index < -0.39 is 0 Å². The zero-order valence-corrected chi connectivity index (χ0v) is 34.4. The lowest BCUT2D eigenvalue weighted by atomic mass is 9.37. The second-order valence-corrected chi connectivity index (χ2v) is 18.4. The molecule has 0 atom stereocenters. The molecule has 0 fully saturated rings. The summed E-state index contributed by atoms with van der Waals surface area (Å²) in [4.78, 5) is 4.78. The van der Waals surface area contributed by atoms with E-state index in [1.54, 1.807) is 0 Å². The van der Waals surface area contributed by atoms with E-state index in [1.165, 1.54) is 16.7 Å². The predicted molar refractivity (Wildman–Crippen MR) is 233 cm³/mol. The summed E-state index contributed by atoms with van der Waals surface area (Å²) < 4.78 is 38.9. The van der Waals surface area contributed by atoms with Crippen LogP contribution in [0.1, 0.15) is 78.0 Å². The van der Waals surface area contributed by atoms with Gasteiger partial charge in [-0.05, 0) is 99.6 Å². The molecule has 2 aromatic heterocycles. The van der Waals surface area contributed by atoms with Crippen molar-refractivity contribution in [1.82, 2.24) is 0 Å². The van der Waals surface area contributed by atoms with Gasteiger partial charge in [-0.25, -0.2) is 0 Å². The predicted octanol–water partition coefficient (Wildman–Crippen LogP) is 10.5. The second kappa shape index (κ2) is 12.3. The summed E-state index contributed by atoms with van der Waals surface area (Å²) in [5.74, 6) is 3.20. The Hall–Kier alpha value is -5.96. The molecule has 0 amide bonds. The number of hydrogen-bond acceptors (Lipinski definition) is 8. The van der Waals surface area contributed by atoms with E-state index in [4.69, 9.17) is 27.8 Å². The summed E-state index contributed by atoms with van der Waals surface area (Å²) in [6.45, 7) is 19.8. The van der Waals surface area contributed by atoms with Gasteiger partial charge in [-0.1, -0.05) is 67.5 Å². The molecule has 0 bridgehead atoms. The molecule has 9 heteroatoms. The van der Waals surface area contributed by atoms with Crippen LogP contribution in [-0.4, -0.2) is 33.1 Å².